The van der Waals surface area contributed by atoms with E-state index in [2.05, 4.69) is 10.6 Å². The quantitative estimate of drug-likeness (QED) is 0.483. The minimum atomic E-state index is -3.68. The van der Waals surface area contributed by atoms with Crippen LogP contribution < -0.4 is 20.1 Å². The number of benzene rings is 3. The molecule has 0 aliphatic heterocycles. The second kappa shape index (κ2) is 10.8. The van der Waals surface area contributed by atoms with Crippen molar-refractivity contribution in [1.82, 2.24) is 9.62 Å². The molecule has 0 saturated heterocycles. The van der Waals surface area contributed by atoms with Crippen LogP contribution in [-0.2, 0) is 14.8 Å². The van der Waals surface area contributed by atoms with Gasteiger partial charge in [0.2, 0.25) is 15.9 Å². The molecule has 3 aromatic carbocycles. The van der Waals surface area contributed by atoms with Gasteiger partial charge in [0.25, 0.3) is 5.91 Å². The lowest BCUT2D eigenvalue weighted by Crippen LogP contribution is -2.33. The first kappa shape index (κ1) is 24.7. The Bertz CT molecular complexity index is 1270. The zero-order valence-electron chi connectivity index (χ0n) is 18.9. The van der Waals surface area contributed by atoms with Crippen molar-refractivity contribution in [3.05, 3.63) is 78.4 Å². The lowest BCUT2D eigenvalue weighted by atomic mass is 10.2. The van der Waals surface area contributed by atoms with Crippen LogP contribution >= 0.6 is 0 Å². The molecule has 0 bridgehead atoms. The summed E-state index contributed by atoms with van der Waals surface area (Å²) in [7, 11) is 0.695. The third-order valence-corrected chi connectivity index (χ3v) is 6.53. The lowest BCUT2D eigenvalue weighted by molar-refractivity contribution is -0.115. The zero-order valence-corrected chi connectivity index (χ0v) is 19.8. The Morgan fingerprint density at radius 3 is 2.24 bits per heavy atom. The fraction of sp³-hybridized carbons (Fsp3) is 0.167. The molecule has 0 fully saturated rings. The van der Waals surface area contributed by atoms with Gasteiger partial charge in [0.1, 0.15) is 5.75 Å². The Kier molecular flexibility index (Phi) is 7.87. The average molecular weight is 484 g/mol. The molecule has 0 saturated carbocycles. The number of amides is 2. The van der Waals surface area contributed by atoms with E-state index in [0.717, 1.165) is 4.31 Å². The number of sulfonamides is 1. The van der Waals surface area contributed by atoms with Crippen LogP contribution in [0.15, 0.2) is 77.7 Å². The molecule has 0 radical (unpaired) electrons. The highest BCUT2D eigenvalue weighted by Gasteiger charge is 2.19. The number of carbonyl (C=O) groups excluding carboxylic acids is 2. The van der Waals surface area contributed by atoms with E-state index in [1.807, 2.05) is 12.1 Å². The number of methoxy groups -OCH3 is 1. The summed E-state index contributed by atoms with van der Waals surface area (Å²) in [6, 6.07) is 19.6. The van der Waals surface area contributed by atoms with E-state index >= 15 is 0 Å². The van der Waals surface area contributed by atoms with E-state index in [1.165, 1.54) is 38.4 Å². The van der Waals surface area contributed by atoms with Gasteiger partial charge in [0.05, 0.1) is 18.6 Å². The maximum Gasteiger partial charge on any atom is 0.251 e. The Hall–Kier alpha value is -3.89. The van der Waals surface area contributed by atoms with Gasteiger partial charge in [-0.1, -0.05) is 18.2 Å². The molecule has 0 atom stereocenters. The molecule has 0 spiro atoms. The van der Waals surface area contributed by atoms with Crippen molar-refractivity contribution in [2.45, 2.75) is 4.90 Å². The number of ether oxygens (including phenoxy) is 2. The smallest absolute Gasteiger partial charge is 0.251 e. The molecule has 0 aliphatic carbocycles. The van der Waals surface area contributed by atoms with E-state index in [9.17, 15) is 18.0 Å². The minimum absolute atomic E-state index is 0.00923. The Balaban J connectivity index is 1.56. The van der Waals surface area contributed by atoms with Crippen molar-refractivity contribution in [3.8, 4) is 17.2 Å². The summed E-state index contributed by atoms with van der Waals surface area (Å²) >= 11 is 0. The fourth-order valence-corrected chi connectivity index (χ4v) is 3.86. The van der Waals surface area contributed by atoms with Crippen LogP contribution in [0.4, 0.5) is 5.69 Å². The van der Waals surface area contributed by atoms with E-state index in [4.69, 9.17) is 9.47 Å². The summed E-state index contributed by atoms with van der Waals surface area (Å²) in [5.41, 5.74) is 0.652. The number of para-hydroxylation sites is 2. The van der Waals surface area contributed by atoms with Crippen LogP contribution in [0.2, 0.25) is 0 Å². The molecule has 0 aromatic heterocycles. The summed E-state index contributed by atoms with van der Waals surface area (Å²) in [4.78, 5) is 24.6. The van der Waals surface area contributed by atoms with Gasteiger partial charge in [-0.3, -0.25) is 9.59 Å². The monoisotopic (exact) mass is 483 g/mol. The largest absolute Gasteiger partial charge is 0.493 e. The number of hydrogen-bond acceptors (Lipinski definition) is 6. The van der Waals surface area contributed by atoms with Crippen LogP contribution in [0, 0.1) is 0 Å². The number of nitrogens with zero attached hydrogens (tertiary/aromatic N) is 1. The summed E-state index contributed by atoms with van der Waals surface area (Å²) in [6.07, 6.45) is 0. The van der Waals surface area contributed by atoms with E-state index in [1.54, 1.807) is 43.5 Å². The van der Waals surface area contributed by atoms with Crippen molar-refractivity contribution < 1.29 is 27.5 Å². The second-order valence-electron chi connectivity index (χ2n) is 7.32. The van der Waals surface area contributed by atoms with Crippen molar-refractivity contribution in [1.29, 1.82) is 0 Å². The van der Waals surface area contributed by atoms with Gasteiger partial charge in [-0.15, -0.1) is 0 Å². The predicted octanol–water partition coefficient (Wildman–Crippen LogP) is 3.11. The molecule has 3 rings (SSSR count). The number of hydrogen-bond donors (Lipinski definition) is 2. The van der Waals surface area contributed by atoms with Gasteiger partial charge < -0.3 is 20.1 Å². The molecule has 9 nitrogen and oxygen atoms in total. The first-order valence-electron chi connectivity index (χ1n) is 10.2. The highest BCUT2D eigenvalue weighted by Crippen LogP contribution is 2.31. The first-order chi connectivity index (χ1) is 16.2. The minimum Gasteiger partial charge on any atom is -0.493 e. The van der Waals surface area contributed by atoms with Crippen LogP contribution in [-0.4, -0.2) is 52.3 Å². The predicted molar refractivity (Wildman–Crippen MR) is 128 cm³/mol. The van der Waals surface area contributed by atoms with Crippen LogP contribution in [0.5, 0.6) is 17.2 Å². The highest BCUT2D eigenvalue weighted by atomic mass is 32.2. The van der Waals surface area contributed by atoms with Crippen molar-refractivity contribution in [2.75, 3.05) is 33.1 Å². The Morgan fingerprint density at radius 1 is 0.912 bits per heavy atom. The molecule has 2 amide bonds. The SMILES string of the molecule is COc1ccccc1Oc1ccc(NC(=O)CNC(=O)c2cccc(S(=O)(=O)N(C)C)c2)cc1. The molecular formula is C24H25N3O6S. The van der Waals surface area contributed by atoms with E-state index in [-0.39, 0.29) is 17.0 Å². The number of carbonyl (C=O) groups is 2. The maximum absolute atomic E-state index is 12.4. The van der Waals surface area contributed by atoms with E-state index < -0.39 is 21.8 Å². The molecule has 34 heavy (non-hydrogen) atoms. The Labute approximate surface area is 198 Å². The zero-order chi connectivity index (χ0) is 24.7. The van der Waals surface area contributed by atoms with Gasteiger partial charge in [-0.05, 0) is 54.6 Å². The van der Waals surface area contributed by atoms with Crippen molar-refractivity contribution >= 4 is 27.5 Å². The van der Waals surface area contributed by atoms with Crippen LogP contribution in [0.3, 0.4) is 0 Å². The first-order valence-corrected chi connectivity index (χ1v) is 11.7. The molecule has 0 aliphatic rings. The van der Waals surface area contributed by atoms with E-state index in [0.29, 0.717) is 22.9 Å². The fourth-order valence-electron chi connectivity index (χ4n) is 2.91. The number of nitrogens with one attached hydrogen (secondary N) is 2. The third-order valence-electron chi connectivity index (χ3n) is 4.72. The van der Waals surface area contributed by atoms with Crippen molar-refractivity contribution in [3.63, 3.8) is 0 Å². The molecule has 3 aromatic rings. The maximum atomic E-state index is 12.4. The standard InChI is InChI=1S/C24H25N3O6S/c1-27(2)34(30,31)20-8-6-7-17(15-20)24(29)25-16-23(28)26-18-11-13-19(14-12-18)33-22-10-5-4-9-21(22)32-3/h4-15H,16H2,1-3H3,(H,25,29)(H,26,28). The van der Waals surface area contributed by atoms with Gasteiger partial charge >= 0.3 is 0 Å². The van der Waals surface area contributed by atoms with Crippen LogP contribution in [0.1, 0.15) is 10.4 Å². The summed E-state index contributed by atoms with van der Waals surface area (Å²) in [6.45, 7) is -0.289. The van der Waals surface area contributed by atoms with Gasteiger partial charge in [-0.2, -0.15) is 0 Å². The molecule has 10 heteroatoms. The van der Waals surface area contributed by atoms with Gasteiger partial charge in [0, 0.05) is 25.3 Å². The molecule has 0 heterocycles. The normalized spacial score (nSPS) is 11.1. The highest BCUT2D eigenvalue weighted by molar-refractivity contribution is 7.89. The average Bonchev–Trinajstić information content (AvgIpc) is 2.84. The molecular weight excluding hydrogens is 458 g/mol. The number of anilines is 1. The van der Waals surface area contributed by atoms with Gasteiger partial charge in [0.15, 0.2) is 11.5 Å². The molecule has 0 unspecified atom stereocenters. The number of rotatable bonds is 9. The van der Waals surface area contributed by atoms with Gasteiger partial charge in [-0.25, -0.2) is 12.7 Å². The third kappa shape index (κ3) is 6.12. The summed E-state index contributed by atoms with van der Waals surface area (Å²) in [5, 5.41) is 5.16. The van der Waals surface area contributed by atoms with Crippen LogP contribution in [0.25, 0.3) is 0 Å². The van der Waals surface area contributed by atoms with Crippen molar-refractivity contribution in [2.24, 2.45) is 0 Å². The second-order valence-corrected chi connectivity index (χ2v) is 9.48. The molecule has 178 valence electrons. The topological polar surface area (TPSA) is 114 Å². The Morgan fingerprint density at radius 2 is 1.59 bits per heavy atom. The summed E-state index contributed by atoms with van der Waals surface area (Å²) in [5.74, 6) is 0.714. The summed E-state index contributed by atoms with van der Waals surface area (Å²) < 4.78 is 36.6. The molecule has 2 N–H and O–H groups in total. The lowest BCUT2D eigenvalue weighted by Gasteiger charge is -2.12.